The number of aryl methyl sites for hydroxylation is 1. The summed E-state index contributed by atoms with van der Waals surface area (Å²) in [6.45, 7) is 2.61. The number of carbonyl (C=O) groups excluding carboxylic acids is 1. The molecule has 3 rings (SSSR count). The standard InChI is InChI=1S/C27H28ClN3O4/c1-17-6-4-5-7-22(17)23-11-10-19(12-21(23)16-35-3)27(34)30-26(29)18-8-9-20(24(28)13-18)14-31(2)15-25(32)33/h4-13H,14-16H2,1-3H3,(H,32,33)(H2,29,30,34). The first kappa shape index (κ1) is 26.1. The van der Waals surface area contributed by atoms with E-state index in [0.29, 0.717) is 29.3 Å². The lowest BCUT2D eigenvalue weighted by atomic mass is 9.94. The number of aliphatic carboxylic acids is 1. The third-order valence-electron chi connectivity index (χ3n) is 5.53. The van der Waals surface area contributed by atoms with Gasteiger partial charge in [0.05, 0.1) is 13.2 Å². The van der Waals surface area contributed by atoms with Gasteiger partial charge < -0.3 is 15.2 Å². The smallest absolute Gasteiger partial charge is 0.317 e. The molecule has 0 radical (unpaired) electrons. The molecule has 0 fully saturated rings. The molecule has 0 bridgehead atoms. The number of hydrogen-bond donors (Lipinski definition) is 3. The molecule has 182 valence electrons. The highest BCUT2D eigenvalue weighted by Gasteiger charge is 2.15. The van der Waals surface area contributed by atoms with E-state index in [1.165, 1.54) is 0 Å². The van der Waals surface area contributed by atoms with Crippen molar-refractivity contribution < 1.29 is 19.4 Å². The van der Waals surface area contributed by atoms with Crippen LogP contribution in [0.25, 0.3) is 11.1 Å². The second-order valence-electron chi connectivity index (χ2n) is 8.32. The Morgan fingerprint density at radius 3 is 2.40 bits per heavy atom. The summed E-state index contributed by atoms with van der Waals surface area (Å²) < 4.78 is 5.36. The number of amides is 1. The second-order valence-corrected chi connectivity index (χ2v) is 8.73. The maximum absolute atomic E-state index is 12.9. The van der Waals surface area contributed by atoms with Crippen LogP contribution in [0, 0.1) is 12.3 Å². The Kier molecular flexibility index (Phi) is 8.76. The highest BCUT2D eigenvalue weighted by molar-refractivity contribution is 6.31. The van der Waals surface area contributed by atoms with Gasteiger partial charge >= 0.3 is 5.97 Å². The van der Waals surface area contributed by atoms with Crippen LogP contribution in [-0.4, -0.2) is 48.4 Å². The largest absolute Gasteiger partial charge is 0.480 e. The van der Waals surface area contributed by atoms with Crippen LogP contribution in [0.5, 0.6) is 0 Å². The molecule has 0 aliphatic carbocycles. The Labute approximate surface area is 209 Å². The lowest BCUT2D eigenvalue weighted by Gasteiger charge is -2.16. The Balaban J connectivity index is 1.76. The van der Waals surface area contributed by atoms with E-state index in [9.17, 15) is 9.59 Å². The number of benzene rings is 3. The van der Waals surface area contributed by atoms with E-state index in [4.69, 9.17) is 26.9 Å². The van der Waals surface area contributed by atoms with Crippen molar-refractivity contribution in [3.63, 3.8) is 0 Å². The van der Waals surface area contributed by atoms with Crippen molar-refractivity contribution in [3.05, 3.63) is 93.5 Å². The van der Waals surface area contributed by atoms with Gasteiger partial charge in [-0.15, -0.1) is 0 Å². The molecular weight excluding hydrogens is 466 g/mol. The van der Waals surface area contributed by atoms with Gasteiger partial charge in [0.1, 0.15) is 5.84 Å². The van der Waals surface area contributed by atoms with Gasteiger partial charge in [0.2, 0.25) is 0 Å². The number of carboxylic acid groups (broad SMARTS) is 1. The number of nitrogens with one attached hydrogen (secondary N) is 2. The van der Waals surface area contributed by atoms with Crippen molar-refractivity contribution in [2.45, 2.75) is 20.1 Å². The van der Waals surface area contributed by atoms with Crippen LogP contribution < -0.4 is 5.32 Å². The lowest BCUT2D eigenvalue weighted by Crippen LogP contribution is -2.30. The maximum Gasteiger partial charge on any atom is 0.317 e. The summed E-state index contributed by atoms with van der Waals surface area (Å²) in [6, 6.07) is 18.4. The van der Waals surface area contributed by atoms with Crippen LogP contribution in [0.1, 0.15) is 32.6 Å². The van der Waals surface area contributed by atoms with Crippen molar-refractivity contribution in [2.24, 2.45) is 0 Å². The van der Waals surface area contributed by atoms with E-state index >= 15 is 0 Å². The predicted molar refractivity (Wildman–Crippen MR) is 137 cm³/mol. The summed E-state index contributed by atoms with van der Waals surface area (Å²) in [6.07, 6.45) is 0. The molecule has 1 amide bonds. The molecule has 0 saturated heterocycles. The van der Waals surface area contributed by atoms with E-state index in [1.807, 2.05) is 37.3 Å². The number of hydrogen-bond acceptors (Lipinski definition) is 5. The van der Waals surface area contributed by atoms with Crippen LogP contribution in [0.3, 0.4) is 0 Å². The highest BCUT2D eigenvalue weighted by Crippen LogP contribution is 2.28. The summed E-state index contributed by atoms with van der Waals surface area (Å²) in [5.74, 6) is -1.42. The fourth-order valence-corrected chi connectivity index (χ4v) is 4.05. The van der Waals surface area contributed by atoms with Gasteiger partial charge in [-0.2, -0.15) is 0 Å². The third kappa shape index (κ3) is 6.76. The van der Waals surface area contributed by atoms with E-state index in [0.717, 1.165) is 27.8 Å². The van der Waals surface area contributed by atoms with Crippen molar-refractivity contribution in [1.29, 1.82) is 5.41 Å². The zero-order valence-electron chi connectivity index (χ0n) is 19.9. The molecule has 0 unspecified atom stereocenters. The fourth-order valence-electron chi connectivity index (χ4n) is 3.81. The SMILES string of the molecule is COCc1cc(C(=O)NC(=N)c2ccc(CN(C)CC(=O)O)c(Cl)c2)ccc1-c1ccccc1C. The summed E-state index contributed by atoms with van der Waals surface area (Å²) in [7, 11) is 3.29. The lowest BCUT2D eigenvalue weighted by molar-refractivity contribution is -0.138. The molecule has 7 nitrogen and oxygen atoms in total. The zero-order valence-corrected chi connectivity index (χ0v) is 20.6. The molecule has 0 heterocycles. The Bertz CT molecular complexity index is 1260. The molecule has 0 atom stereocenters. The van der Waals surface area contributed by atoms with Crippen LogP contribution in [0.15, 0.2) is 60.7 Å². The first-order valence-corrected chi connectivity index (χ1v) is 11.3. The monoisotopic (exact) mass is 493 g/mol. The van der Waals surface area contributed by atoms with Gasteiger partial charge in [0.25, 0.3) is 5.91 Å². The van der Waals surface area contributed by atoms with Crippen LogP contribution >= 0.6 is 11.6 Å². The number of amidine groups is 1. The number of rotatable bonds is 9. The van der Waals surface area contributed by atoms with Gasteiger partial charge in [-0.3, -0.25) is 19.9 Å². The average molecular weight is 494 g/mol. The van der Waals surface area contributed by atoms with Gasteiger partial charge in [-0.05, 0) is 60.0 Å². The van der Waals surface area contributed by atoms with E-state index in [1.54, 1.807) is 49.4 Å². The number of methoxy groups -OCH3 is 1. The quantitative estimate of drug-likeness (QED) is 0.295. The number of nitrogens with zero attached hydrogens (tertiary/aromatic N) is 1. The molecule has 0 aliphatic rings. The van der Waals surface area contributed by atoms with Crippen LogP contribution in [0.4, 0.5) is 0 Å². The normalized spacial score (nSPS) is 10.9. The molecule has 0 aromatic heterocycles. The van der Waals surface area contributed by atoms with Crippen LogP contribution in [0.2, 0.25) is 5.02 Å². The number of carbonyl (C=O) groups is 2. The molecule has 3 N–H and O–H groups in total. The molecule has 0 aliphatic heterocycles. The fraction of sp³-hybridized carbons (Fsp3) is 0.222. The first-order chi connectivity index (χ1) is 16.7. The maximum atomic E-state index is 12.9. The summed E-state index contributed by atoms with van der Waals surface area (Å²) in [5, 5.41) is 20.3. The molecule has 35 heavy (non-hydrogen) atoms. The highest BCUT2D eigenvalue weighted by atomic mass is 35.5. The average Bonchev–Trinajstić information content (AvgIpc) is 2.80. The third-order valence-corrected chi connectivity index (χ3v) is 5.88. The van der Waals surface area contributed by atoms with Crippen LogP contribution in [-0.2, 0) is 22.7 Å². The van der Waals surface area contributed by atoms with Gasteiger partial charge in [0.15, 0.2) is 0 Å². The minimum Gasteiger partial charge on any atom is -0.480 e. The molecule has 0 spiro atoms. The molecule has 3 aromatic carbocycles. The topological polar surface area (TPSA) is 103 Å². The molecule has 0 saturated carbocycles. The summed E-state index contributed by atoms with van der Waals surface area (Å²) in [5.41, 5.74) is 5.65. The first-order valence-electron chi connectivity index (χ1n) is 11.0. The minimum absolute atomic E-state index is 0.0846. The van der Waals surface area contributed by atoms with E-state index in [-0.39, 0.29) is 12.4 Å². The van der Waals surface area contributed by atoms with Gasteiger partial charge in [-0.1, -0.05) is 54.1 Å². The molecular formula is C27H28ClN3O4. The second kappa shape index (κ2) is 11.8. The molecule has 3 aromatic rings. The summed E-state index contributed by atoms with van der Waals surface area (Å²) in [4.78, 5) is 25.4. The Morgan fingerprint density at radius 1 is 1.03 bits per heavy atom. The zero-order chi connectivity index (χ0) is 25.5. The van der Waals surface area contributed by atoms with E-state index < -0.39 is 11.9 Å². The van der Waals surface area contributed by atoms with Gasteiger partial charge in [0, 0.05) is 29.8 Å². The Hall–Kier alpha value is -3.52. The summed E-state index contributed by atoms with van der Waals surface area (Å²) >= 11 is 6.35. The van der Waals surface area contributed by atoms with Crippen molar-refractivity contribution in [2.75, 3.05) is 20.7 Å². The molecule has 8 heteroatoms. The minimum atomic E-state index is -0.926. The van der Waals surface area contributed by atoms with Crippen molar-refractivity contribution >= 4 is 29.3 Å². The predicted octanol–water partition coefficient (Wildman–Crippen LogP) is 4.73. The number of likely N-dealkylation sites (N-methyl/N-ethyl adjacent to an activating group) is 1. The number of ether oxygens (including phenoxy) is 1. The number of halogens is 1. The Morgan fingerprint density at radius 2 is 1.74 bits per heavy atom. The van der Waals surface area contributed by atoms with Crippen molar-refractivity contribution in [1.82, 2.24) is 10.2 Å². The van der Waals surface area contributed by atoms with E-state index in [2.05, 4.69) is 5.32 Å². The van der Waals surface area contributed by atoms with Gasteiger partial charge in [-0.25, -0.2) is 0 Å². The number of carboxylic acids is 1. The van der Waals surface area contributed by atoms with Crippen molar-refractivity contribution in [3.8, 4) is 11.1 Å².